The predicted molar refractivity (Wildman–Crippen MR) is 57.9 cm³/mol. The first-order valence-corrected chi connectivity index (χ1v) is 4.92. The van der Waals surface area contributed by atoms with Gasteiger partial charge in [0.15, 0.2) is 5.49 Å². The number of carboxylic acids is 1. The summed E-state index contributed by atoms with van der Waals surface area (Å²) >= 11 is 0. The number of hydrogen-bond donors (Lipinski definition) is 1. The van der Waals surface area contributed by atoms with Crippen LogP contribution < -0.4 is 10.7 Å². The van der Waals surface area contributed by atoms with Crippen LogP contribution in [0.25, 0.3) is 12.2 Å². The first kappa shape index (κ1) is 9.03. The molecule has 1 aliphatic heterocycles. The average molecular weight is 212 g/mol. The maximum absolute atomic E-state index is 10.9. The summed E-state index contributed by atoms with van der Waals surface area (Å²) in [6, 6.07) is 0. The van der Waals surface area contributed by atoms with Gasteiger partial charge in [-0.1, -0.05) is 18.2 Å². The second kappa shape index (κ2) is 3.13. The molecule has 1 aliphatic carbocycles. The number of aromatic nitrogens is 1. The molecular weight excluding hydrogens is 204 g/mol. The monoisotopic (exact) mass is 212 g/mol. The first-order valence-electron chi connectivity index (χ1n) is 4.92. The third-order valence-corrected chi connectivity index (χ3v) is 2.76. The van der Waals surface area contributed by atoms with E-state index in [1.165, 1.54) is 6.20 Å². The molecule has 4 heteroatoms. The van der Waals surface area contributed by atoms with E-state index in [-0.39, 0.29) is 0 Å². The molecule has 0 saturated carbocycles. The zero-order chi connectivity index (χ0) is 11.1. The number of hydrogen-bond acceptors (Lipinski definition) is 3. The van der Waals surface area contributed by atoms with Crippen LogP contribution in [0.5, 0.6) is 0 Å². The molecule has 1 N–H and O–H groups in total. The second-order valence-electron chi connectivity index (χ2n) is 3.72. The van der Waals surface area contributed by atoms with Gasteiger partial charge in [-0.2, -0.15) is 0 Å². The van der Waals surface area contributed by atoms with Gasteiger partial charge in [0.05, 0.1) is 5.57 Å². The number of aliphatic carboxylic acids is 1. The molecule has 0 unspecified atom stereocenters. The Morgan fingerprint density at radius 3 is 3.12 bits per heavy atom. The van der Waals surface area contributed by atoms with Crippen molar-refractivity contribution in [3.8, 4) is 0 Å². The number of fused-ring (bicyclic) bond motifs is 3. The number of rotatable bonds is 1. The van der Waals surface area contributed by atoms with Crippen LogP contribution in [0, 0.1) is 0 Å². The Bertz CT molecular complexity index is 669. The Morgan fingerprint density at radius 2 is 2.31 bits per heavy atom. The van der Waals surface area contributed by atoms with E-state index in [4.69, 9.17) is 5.11 Å². The molecule has 16 heavy (non-hydrogen) atoms. The first-order chi connectivity index (χ1) is 7.75. The van der Waals surface area contributed by atoms with Crippen LogP contribution in [0.2, 0.25) is 0 Å². The van der Waals surface area contributed by atoms with Gasteiger partial charge >= 0.3 is 5.97 Å². The Hall–Kier alpha value is -2.23. The van der Waals surface area contributed by atoms with Crippen molar-refractivity contribution < 1.29 is 9.90 Å². The van der Waals surface area contributed by atoms with E-state index in [1.807, 2.05) is 18.2 Å². The average Bonchev–Trinajstić information content (AvgIpc) is 2.76. The van der Waals surface area contributed by atoms with Crippen LogP contribution in [0.4, 0.5) is 0 Å². The van der Waals surface area contributed by atoms with Gasteiger partial charge in [0.2, 0.25) is 0 Å². The van der Waals surface area contributed by atoms with Crippen molar-refractivity contribution in [2.75, 3.05) is 0 Å². The van der Waals surface area contributed by atoms with Crippen LogP contribution in [0.1, 0.15) is 11.1 Å². The maximum atomic E-state index is 10.9. The highest BCUT2D eigenvalue weighted by atomic mass is 16.4. The summed E-state index contributed by atoms with van der Waals surface area (Å²) in [5.41, 5.74) is 2.88. The summed E-state index contributed by atoms with van der Waals surface area (Å²) in [6.45, 7) is 0. The van der Waals surface area contributed by atoms with Gasteiger partial charge in [0, 0.05) is 29.6 Å². The van der Waals surface area contributed by atoms with Gasteiger partial charge in [-0.3, -0.25) is 0 Å². The number of carbonyl (C=O) groups is 1. The van der Waals surface area contributed by atoms with Crippen molar-refractivity contribution in [3.05, 3.63) is 45.9 Å². The molecule has 0 amide bonds. The van der Waals surface area contributed by atoms with Crippen molar-refractivity contribution >= 4 is 18.1 Å². The number of nitrogens with zero attached hydrogens (tertiary/aromatic N) is 2. The lowest BCUT2D eigenvalue weighted by molar-refractivity contribution is -0.132. The predicted octanol–water partition coefficient (Wildman–Crippen LogP) is 0.0331. The SMILES string of the molecule is O=C(O)C1=CN=c2ncc3c(c2C1)C=CC=3. The fraction of sp³-hybridized carbons (Fsp3) is 0.0833. The lowest BCUT2D eigenvalue weighted by Gasteiger charge is -2.09. The van der Waals surface area contributed by atoms with E-state index in [0.717, 1.165) is 16.3 Å². The summed E-state index contributed by atoms with van der Waals surface area (Å²) in [5.74, 6) is -0.919. The van der Waals surface area contributed by atoms with Crippen LogP contribution in [-0.4, -0.2) is 16.1 Å². The van der Waals surface area contributed by atoms with Gasteiger partial charge in [0.1, 0.15) is 0 Å². The third-order valence-electron chi connectivity index (χ3n) is 2.76. The van der Waals surface area contributed by atoms with Gasteiger partial charge in [0.25, 0.3) is 0 Å². The van der Waals surface area contributed by atoms with E-state index >= 15 is 0 Å². The van der Waals surface area contributed by atoms with Crippen LogP contribution >= 0.6 is 0 Å². The van der Waals surface area contributed by atoms with Crippen molar-refractivity contribution in [1.29, 1.82) is 0 Å². The molecule has 2 heterocycles. The van der Waals surface area contributed by atoms with E-state index in [1.54, 1.807) is 6.20 Å². The molecule has 4 nitrogen and oxygen atoms in total. The highest BCUT2D eigenvalue weighted by Crippen LogP contribution is 2.13. The van der Waals surface area contributed by atoms with E-state index in [2.05, 4.69) is 9.98 Å². The highest BCUT2D eigenvalue weighted by Gasteiger charge is 2.17. The standard InChI is InChI=1S/C12H8N2O2/c15-12(16)8-4-10-9-3-1-2-7(9)5-13-11(10)14-6-8/h1-3,5-6H,4H2,(H,15,16). The number of allylic oxidation sites excluding steroid dienone is 1. The Morgan fingerprint density at radius 1 is 1.44 bits per heavy atom. The molecule has 2 aliphatic rings. The fourth-order valence-corrected chi connectivity index (χ4v) is 1.94. The molecule has 0 spiro atoms. The third kappa shape index (κ3) is 1.20. The zero-order valence-corrected chi connectivity index (χ0v) is 8.34. The maximum Gasteiger partial charge on any atom is 0.333 e. The summed E-state index contributed by atoms with van der Waals surface area (Å²) in [5, 5.41) is 9.97. The zero-order valence-electron chi connectivity index (χ0n) is 8.34. The summed E-state index contributed by atoms with van der Waals surface area (Å²) in [4.78, 5) is 19.2. The van der Waals surface area contributed by atoms with Gasteiger partial charge in [-0.05, 0) is 5.56 Å². The van der Waals surface area contributed by atoms with Crippen molar-refractivity contribution in [3.63, 3.8) is 0 Å². The normalized spacial score (nSPS) is 15.6. The molecule has 0 saturated heterocycles. The van der Waals surface area contributed by atoms with Crippen molar-refractivity contribution in [1.82, 2.24) is 4.98 Å². The highest BCUT2D eigenvalue weighted by molar-refractivity contribution is 5.87. The van der Waals surface area contributed by atoms with Crippen molar-refractivity contribution in [2.45, 2.75) is 6.42 Å². The number of carboxylic acid groups (broad SMARTS) is 1. The largest absolute Gasteiger partial charge is 0.478 e. The quantitative estimate of drug-likeness (QED) is 0.714. The number of pyridine rings is 1. The molecule has 3 rings (SSSR count). The molecular formula is C12H8N2O2. The Labute approximate surface area is 91.0 Å². The molecule has 0 aromatic carbocycles. The van der Waals surface area contributed by atoms with E-state index in [0.29, 0.717) is 17.5 Å². The van der Waals surface area contributed by atoms with Gasteiger partial charge < -0.3 is 5.11 Å². The Balaban J connectivity index is 2.25. The summed E-state index contributed by atoms with van der Waals surface area (Å²) in [7, 11) is 0. The molecule has 0 bridgehead atoms. The van der Waals surface area contributed by atoms with Crippen LogP contribution in [0.3, 0.4) is 0 Å². The van der Waals surface area contributed by atoms with Gasteiger partial charge in [-0.25, -0.2) is 14.8 Å². The summed E-state index contributed by atoms with van der Waals surface area (Å²) < 4.78 is 0. The molecule has 0 radical (unpaired) electrons. The minimum Gasteiger partial charge on any atom is -0.478 e. The molecule has 78 valence electrons. The lowest BCUT2D eigenvalue weighted by Crippen LogP contribution is -2.26. The summed E-state index contributed by atoms with van der Waals surface area (Å²) in [6.07, 6.45) is 9.40. The minimum atomic E-state index is -0.919. The minimum absolute atomic E-state index is 0.308. The molecule has 0 fully saturated rings. The van der Waals surface area contributed by atoms with E-state index in [9.17, 15) is 4.79 Å². The second-order valence-corrected chi connectivity index (χ2v) is 3.72. The van der Waals surface area contributed by atoms with E-state index < -0.39 is 5.97 Å². The Kier molecular flexibility index (Phi) is 1.77. The van der Waals surface area contributed by atoms with Crippen molar-refractivity contribution in [2.24, 2.45) is 4.99 Å². The topological polar surface area (TPSA) is 62.5 Å². The lowest BCUT2D eigenvalue weighted by atomic mass is 10.0. The molecule has 1 aromatic rings. The molecule has 0 atom stereocenters. The van der Waals surface area contributed by atoms with Gasteiger partial charge in [-0.15, -0.1) is 0 Å². The van der Waals surface area contributed by atoms with Crippen LogP contribution in [0.15, 0.2) is 29.0 Å². The fourth-order valence-electron chi connectivity index (χ4n) is 1.94. The smallest absolute Gasteiger partial charge is 0.333 e. The van der Waals surface area contributed by atoms with Crippen LogP contribution in [-0.2, 0) is 11.2 Å². The molecule has 1 aromatic heterocycles.